The Morgan fingerprint density at radius 1 is 1.15 bits per heavy atom. The molecular formula is C16H20BrN3. The lowest BCUT2D eigenvalue weighted by molar-refractivity contribution is 0.556. The van der Waals surface area contributed by atoms with Gasteiger partial charge in [-0.1, -0.05) is 41.9 Å². The van der Waals surface area contributed by atoms with E-state index in [9.17, 15) is 0 Å². The molecule has 3 nitrogen and oxygen atoms in total. The molecule has 0 saturated heterocycles. The molecule has 1 aromatic carbocycles. The van der Waals surface area contributed by atoms with Crippen LogP contribution in [-0.4, -0.2) is 11.5 Å². The number of hydrogen-bond acceptors (Lipinski definition) is 3. The van der Waals surface area contributed by atoms with E-state index in [-0.39, 0.29) is 5.41 Å². The summed E-state index contributed by atoms with van der Waals surface area (Å²) in [4.78, 5) is 4.44. The highest BCUT2D eigenvalue weighted by atomic mass is 79.9. The second kappa shape index (κ2) is 5.83. The molecule has 0 atom stereocenters. The molecule has 0 aliphatic carbocycles. The van der Waals surface area contributed by atoms with Crippen molar-refractivity contribution in [2.45, 2.75) is 26.2 Å². The fourth-order valence-electron chi connectivity index (χ4n) is 1.98. The lowest BCUT2D eigenvalue weighted by Gasteiger charge is -2.26. The highest BCUT2D eigenvalue weighted by Crippen LogP contribution is 2.25. The molecule has 2 rings (SSSR count). The summed E-state index contributed by atoms with van der Waals surface area (Å²) >= 11 is 3.47. The largest absolute Gasteiger partial charge is 0.397 e. The van der Waals surface area contributed by atoms with Crippen molar-refractivity contribution in [3.63, 3.8) is 0 Å². The van der Waals surface area contributed by atoms with E-state index < -0.39 is 0 Å². The Hall–Kier alpha value is -1.55. The van der Waals surface area contributed by atoms with Crippen molar-refractivity contribution in [3.05, 3.63) is 52.1 Å². The Balaban J connectivity index is 2.08. The second-order valence-electron chi connectivity index (χ2n) is 5.62. The van der Waals surface area contributed by atoms with E-state index in [2.05, 4.69) is 64.3 Å². The summed E-state index contributed by atoms with van der Waals surface area (Å²) in [6.45, 7) is 7.16. The number of pyridine rings is 1. The lowest BCUT2D eigenvalue weighted by atomic mass is 9.84. The standard InChI is InChI=1S/C16H20BrN3/c1-11-14(18)8-9-15(20-11)19-10-16(2,3)12-4-6-13(17)7-5-12/h4-9H,10,18H2,1-3H3,(H,19,20). The van der Waals surface area contributed by atoms with E-state index in [1.54, 1.807) is 0 Å². The van der Waals surface area contributed by atoms with Gasteiger partial charge in [0.2, 0.25) is 0 Å². The Morgan fingerprint density at radius 3 is 2.40 bits per heavy atom. The zero-order valence-electron chi connectivity index (χ0n) is 12.1. The fourth-order valence-corrected chi connectivity index (χ4v) is 2.25. The molecule has 20 heavy (non-hydrogen) atoms. The molecule has 0 fully saturated rings. The number of halogens is 1. The molecule has 106 valence electrons. The molecule has 0 radical (unpaired) electrons. The van der Waals surface area contributed by atoms with Crippen molar-refractivity contribution < 1.29 is 0 Å². The molecule has 0 aliphatic heterocycles. The second-order valence-corrected chi connectivity index (χ2v) is 6.53. The molecule has 0 saturated carbocycles. The SMILES string of the molecule is Cc1nc(NCC(C)(C)c2ccc(Br)cc2)ccc1N. The minimum atomic E-state index is 0.0255. The number of nitrogen functional groups attached to an aromatic ring is 1. The zero-order chi connectivity index (χ0) is 14.8. The number of aryl methyl sites for hydroxylation is 1. The number of aromatic nitrogens is 1. The number of hydrogen-bond donors (Lipinski definition) is 2. The van der Waals surface area contributed by atoms with Crippen LogP contribution in [0.25, 0.3) is 0 Å². The van der Waals surface area contributed by atoms with Gasteiger partial charge in [0, 0.05) is 16.4 Å². The predicted molar refractivity (Wildman–Crippen MR) is 89.0 cm³/mol. The van der Waals surface area contributed by atoms with Crippen LogP contribution in [0.5, 0.6) is 0 Å². The summed E-state index contributed by atoms with van der Waals surface area (Å²) in [5.41, 5.74) is 8.68. The van der Waals surface area contributed by atoms with E-state index in [0.29, 0.717) is 0 Å². The molecule has 2 aromatic rings. The van der Waals surface area contributed by atoms with Gasteiger partial charge in [-0.3, -0.25) is 0 Å². The number of rotatable bonds is 4. The minimum absolute atomic E-state index is 0.0255. The molecule has 3 N–H and O–H groups in total. The van der Waals surface area contributed by atoms with Gasteiger partial charge in [-0.15, -0.1) is 0 Å². The topological polar surface area (TPSA) is 50.9 Å². The Kier molecular flexibility index (Phi) is 4.33. The first-order valence-electron chi connectivity index (χ1n) is 6.61. The van der Waals surface area contributed by atoms with Crippen LogP contribution in [0, 0.1) is 6.92 Å². The maximum Gasteiger partial charge on any atom is 0.126 e. The first kappa shape index (κ1) is 14.9. The Bertz CT molecular complexity index is 591. The van der Waals surface area contributed by atoms with Crippen LogP contribution >= 0.6 is 15.9 Å². The average molecular weight is 334 g/mol. The van der Waals surface area contributed by atoms with Crippen LogP contribution in [-0.2, 0) is 5.41 Å². The van der Waals surface area contributed by atoms with Gasteiger partial charge in [-0.05, 0) is 36.8 Å². The van der Waals surface area contributed by atoms with Gasteiger partial charge in [0.15, 0.2) is 0 Å². The summed E-state index contributed by atoms with van der Waals surface area (Å²) in [5, 5.41) is 3.39. The van der Waals surface area contributed by atoms with E-state index in [4.69, 9.17) is 5.73 Å². The van der Waals surface area contributed by atoms with Gasteiger partial charge in [-0.2, -0.15) is 0 Å². The van der Waals surface area contributed by atoms with Gasteiger partial charge in [0.05, 0.1) is 11.4 Å². The lowest BCUT2D eigenvalue weighted by Crippen LogP contribution is -2.27. The van der Waals surface area contributed by atoms with Gasteiger partial charge in [-0.25, -0.2) is 4.98 Å². The molecule has 0 bridgehead atoms. The van der Waals surface area contributed by atoms with E-state index in [1.807, 2.05) is 19.1 Å². The van der Waals surface area contributed by atoms with Crippen LogP contribution < -0.4 is 11.1 Å². The van der Waals surface area contributed by atoms with E-state index in [0.717, 1.165) is 28.2 Å². The minimum Gasteiger partial charge on any atom is -0.397 e. The number of nitrogens with two attached hydrogens (primary N) is 1. The molecule has 4 heteroatoms. The molecule has 1 aromatic heterocycles. The Labute approximate surface area is 128 Å². The molecular weight excluding hydrogens is 314 g/mol. The van der Waals surface area contributed by atoms with Crippen LogP contribution in [0.4, 0.5) is 11.5 Å². The summed E-state index contributed by atoms with van der Waals surface area (Å²) in [6.07, 6.45) is 0. The first-order valence-corrected chi connectivity index (χ1v) is 7.41. The fraction of sp³-hybridized carbons (Fsp3) is 0.312. The van der Waals surface area contributed by atoms with Crippen molar-refractivity contribution in [3.8, 4) is 0 Å². The maximum absolute atomic E-state index is 5.78. The van der Waals surface area contributed by atoms with Gasteiger partial charge < -0.3 is 11.1 Å². The van der Waals surface area contributed by atoms with Gasteiger partial charge >= 0.3 is 0 Å². The van der Waals surface area contributed by atoms with Gasteiger partial charge in [0.1, 0.15) is 5.82 Å². The third kappa shape index (κ3) is 3.51. The van der Waals surface area contributed by atoms with Crippen molar-refractivity contribution >= 4 is 27.4 Å². The highest BCUT2D eigenvalue weighted by molar-refractivity contribution is 9.10. The summed E-state index contributed by atoms with van der Waals surface area (Å²) in [6, 6.07) is 12.2. The molecule has 1 heterocycles. The number of benzene rings is 1. The average Bonchev–Trinajstić information content (AvgIpc) is 2.41. The molecule has 0 aliphatic rings. The quantitative estimate of drug-likeness (QED) is 0.884. The number of anilines is 2. The van der Waals surface area contributed by atoms with E-state index >= 15 is 0 Å². The number of nitrogens with one attached hydrogen (secondary N) is 1. The van der Waals surface area contributed by atoms with E-state index in [1.165, 1.54) is 5.56 Å². The molecule has 0 spiro atoms. The predicted octanol–water partition coefficient (Wildman–Crippen LogP) is 4.12. The third-order valence-corrected chi connectivity index (χ3v) is 3.99. The van der Waals surface area contributed by atoms with Crippen molar-refractivity contribution in [1.82, 2.24) is 4.98 Å². The molecule has 0 amide bonds. The zero-order valence-corrected chi connectivity index (χ0v) is 13.7. The van der Waals surface area contributed by atoms with Crippen molar-refractivity contribution in [1.29, 1.82) is 0 Å². The first-order chi connectivity index (χ1) is 9.38. The monoisotopic (exact) mass is 333 g/mol. The third-order valence-electron chi connectivity index (χ3n) is 3.46. The summed E-state index contributed by atoms with van der Waals surface area (Å²) in [5.74, 6) is 0.863. The van der Waals surface area contributed by atoms with Gasteiger partial charge in [0.25, 0.3) is 0 Å². The Morgan fingerprint density at radius 2 is 1.80 bits per heavy atom. The van der Waals surface area contributed by atoms with Crippen molar-refractivity contribution in [2.24, 2.45) is 0 Å². The smallest absolute Gasteiger partial charge is 0.126 e. The normalized spacial score (nSPS) is 11.4. The highest BCUT2D eigenvalue weighted by Gasteiger charge is 2.20. The van der Waals surface area contributed by atoms with Crippen LogP contribution in [0.1, 0.15) is 25.1 Å². The maximum atomic E-state index is 5.78. The van der Waals surface area contributed by atoms with Crippen LogP contribution in [0.15, 0.2) is 40.9 Å². The van der Waals surface area contributed by atoms with Crippen molar-refractivity contribution in [2.75, 3.05) is 17.6 Å². The summed E-state index contributed by atoms with van der Waals surface area (Å²) < 4.78 is 1.10. The van der Waals surface area contributed by atoms with Crippen LogP contribution in [0.2, 0.25) is 0 Å². The summed E-state index contributed by atoms with van der Waals surface area (Å²) in [7, 11) is 0. The molecule has 0 unspecified atom stereocenters. The van der Waals surface area contributed by atoms with Crippen LogP contribution in [0.3, 0.4) is 0 Å². The number of nitrogens with zero attached hydrogens (tertiary/aromatic N) is 1.